The van der Waals surface area contributed by atoms with Gasteiger partial charge in [-0.1, -0.05) is 41.9 Å². The number of anilines is 2. The topological polar surface area (TPSA) is 61.4 Å². The van der Waals surface area contributed by atoms with Crippen molar-refractivity contribution in [1.82, 2.24) is 14.3 Å². The standard InChI is InChI=1S/C23H26ClN5OS/c1-15-5-4-6-16(2)21(15)26-22(30)29-12-11-28(14-17(29)3)23-25-20(27-31-23)13-18-7-9-19(24)10-8-18/h4-10,17H,11-14H2,1-3H3,(H,26,30). The molecular weight excluding hydrogens is 430 g/mol. The number of nitrogens with zero attached hydrogens (tertiary/aromatic N) is 4. The van der Waals surface area contributed by atoms with Crippen LogP contribution in [0.1, 0.15) is 29.4 Å². The number of aryl methyl sites for hydroxylation is 2. The van der Waals surface area contributed by atoms with Crippen LogP contribution in [0.2, 0.25) is 5.02 Å². The highest BCUT2D eigenvalue weighted by molar-refractivity contribution is 7.09. The SMILES string of the molecule is Cc1cccc(C)c1NC(=O)N1CCN(c2nc(Cc3ccc(Cl)cc3)ns2)CC1C. The molecule has 0 aliphatic carbocycles. The first-order valence-electron chi connectivity index (χ1n) is 10.4. The molecule has 1 fully saturated rings. The van der Waals surface area contributed by atoms with Gasteiger partial charge in [0.25, 0.3) is 0 Å². The van der Waals surface area contributed by atoms with Crippen LogP contribution in [0.15, 0.2) is 42.5 Å². The summed E-state index contributed by atoms with van der Waals surface area (Å²) in [4.78, 5) is 21.8. The summed E-state index contributed by atoms with van der Waals surface area (Å²) in [5, 5.41) is 4.74. The molecule has 0 spiro atoms. The Kier molecular flexibility index (Phi) is 6.43. The molecule has 8 heteroatoms. The fourth-order valence-electron chi connectivity index (χ4n) is 3.85. The number of rotatable bonds is 4. The van der Waals surface area contributed by atoms with Crippen molar-refractivity contribution in [3.8, 4) is 0 Å². The molecular formula is C23H26ClN5OS. The molecule has 162 valence electrons. The summed E-state index contributed by atoms with van der Waals surface area (Å²) in [6.45, 7) is 8.22. The van der Waals surface area contributed by atoms with E-state index in [1.165, 1.54) is 11.5 Å². The van der Waals surface area contributed by atoms with Crippen molar-refractivity contribution in [3.05, 3.63) is 70.0 Å². The van der Waals surface area contributed by atoms with Crippen LogP contribution in [0.3, 0.4) is 0 Å². The Balaban J connectivity index is 1.37. The monoisotopic (exact) mass is 455 g/mol. The minimum absolute atomic E-state index is 0.0507. The van der Waals surface area contributed by atoms with Gasteiger partial charge < -0.3 is 15.1 Å². The van der Waals surface area contributed by atoms with Gasteiger partial charge in [-0.15, -0.1) is 0 Å². The second-order valence-electron chi connectivity index (χ2n) is 7.98. The molecule has 1 aliphatic heterocycles. The van der Waals surface area contributed by atoms with Crippen molar-refractivity contribution in [2.75, 3.05) is 29.9 Å². The van der Waals surface area contributed by atoms with Crippen LogP contribution in [-0.4, -0.2) is 46.0 Å². The highest BCUT2D eigenvalue weighted by Gasteiger charge is 2.29. The van der Waals surface area contributed by atoms with E-state index in [1.54, 1.807) is 0 Å². The molecule has 2 amide bonds. The summed E-state index contributed by atoms with van der Waals surface area (Å²) in [6, 6.07) is 13.8. The lowest BCUT2D eigenvalue weighted by molar-refractivity contribution is 0.185. The second-order valence-corrected chi connectivity index (χ2v) is 9.15. The van der Waals surface area contributed by atoms with Gasteiger partial charge in [-0.05, 0) is 49.6 Å². The lowest BCUT2D eigenvalue weighted by Gasteiger charge is -2.39. The van der Waals surface area contributed by atoms with Crippen molar-refractivity contribution in [2.45, 2.75) is 33.2 Å². The Bertz CT molecular complexity index is 1050. The zero-order valence-corrected chi connectivity index (χ0v) is 19.5. The average Bonchev–Trinajstić information content (AvgIpc) is 3.21. The highest BCUT2D eigenvalue weighted by atomic mass is 35.5. The van der Waals surface area contributed by atoms with Crippen molar-refractivity contribution >= 4 is 40.0 Å². The molecule has 1 aromatic heterocycles. The van der Waals surface area contributed by atoms with Crippen LogP contribution >= 0.6 is 23.1 Å². The summed E-state index contributed by atoms with van der Waals surface area (Å²) in [5.41, 5.74) is 4.18. The highest BCUT2D eigenvalue weighted by Crippen LogP contribution is 2.24. The van der Waals surface area contributed by atoms with Gasteiger partial charge in [0.15, 0.2) is 0 Å². The zero-order valence-electron chi connectivity index (χ0n) is 17.9. The van der Waals surface area contributed by atoms with E-state index in [4.69, 9.17) is 16.6 Å². The van der Waals surface area contributed by atoms with Crippen LogP contribution in [0.25, 0.3) is 0 Å². The first-order chi connectivity index (χ1) is 14.9. The summed E-state index contributed by atoms with van der Waals surface area (Å²) < 4.78 is 4.53. The van der Waals surface area contributed by atoms with Gasteiger partial charge >= 0.3 is 6.03 Å². The minimum Gasteiger partial charge on any atom is -0.343 e. The Morgan fingerprint density at radius 2 is 1.87 bits per heavy atom. The van der Waals surface area contributed by atoms with Gasteiger partial charge in [0, 0.05) is 54.3 Å². The number of halogens is 1. The summed E-state index contributed by atoms with van der Waals surface area (Å²) in [5.74, 6) is 0.810. The summed E-state index contributed by atoms with van der Waals surface area (Å²) in [6.07, 6.45) is 0.682. The van der Waals surface area contributed by atoms with Crippen molar-refractivity contribution in [3.63, 3.8) is 0 Å². The third-order valence-corrected chi connectivity index (χ3v) is 6.67. The Hall–Kier alpha value is -2.64. The van der Waals surface area contributed by atoms with E-state index in [-0.39, 0.29) is 12.1 Å². The summed E-state index contributed by atoms with van der Waals surface area (Å²) >= 11 is 7.38. The second kappa shape index (κ2) is 9.24. The first kappa shape index (κ1) is 21.6. The van der Waals surface area contributed by atoms with E-state index in [0.717, 1.165) is 51.4 Å². The van der Waals surface area contributed by atoms with Gasteiger partial charge in [0.05, 0.1) is 0 Å². The molecule has 1 atom stereocenters. The molecule has 0 radical (unpaired) electrons. The third kappa shape index (κ3) is 4.99. The molecule has 1 N–H and O–H groups in total. The third-order valence-electron chi connectivity index (χ3n) is 5.60. The van der Waals surface area contributed by atoms with Crippen LogP contribution in [0.5, 0.6) is 0 Å². The molecule has 1 aliphatic rings. The van der Waals surface area contributed by atoms with Crippen molar-refractivity contribution < 1.29 is 4.79 Å². The Morgan fingerprint density at radius 1 is 1.16 bits per heavy atom. The number of nitrogens with one attached hydrogen (secondary N) is 1. The largest absolute Gasteiger partial charge is 0.343 e. The molecule has 3 aromatic rings. The number of carbonyl (C=O) groups excluding carboxylic acids is 1. The van der Waals surface area contributed by atoms with Gasteiger partial charge in [0.2, 0.25) is 5.13 Å². The number of amides is 2. The van der Waals surface area contributed by atoms with Crippen LogP contribution < -0.4 is 10.2 Å². The molecule has 2 heterocycles. The van der Waals surface area contributed by atoms with Gasteiger partial charge in [-0.25, -0.2) is 9.78 Å². The fourth-order valence-corrected chi connectivity index (χ4v) is 4.70. The smallest absolute Gasteiger partial charge is 0.322 e. The van der Waals surface area contributed by atoms with Gasteiger partial charge in [-0.2, -0.15) is 4.37 Å². The van der Waals surface area contributed by atoms with Crippen molar-refractivity contribution in [2.24, 2.45) is 0 Å². The number of carbonyl (C=O) groups is 1. The molecule has 6 nitrogen and oxygen atoms in total. The average molecular weight is 456 g/mol. The van der Waals surface area contributed by atoms with Crippen LogP contribution in [-0.2, 0) is 6.42 Å². The van der Waals surface area contributed by atoms with E-state index in [9.17, 15) is 4.79 Å². The number of para-hydroxylation sites is 1. The number of piperazine rings is 1. The van der Waals surface area contributed by atoms with E-state index in [1.807, 2.05) is 61.2 Å². The number of hydrogen-bond acceptors (Lipinski definition) is 5. The molecule has 0 bridgehead atoms. The van der Waals surface area contributed by atoms with E-state index in [0.29, 0.717) is 13.0 Å². The quantitative estimate of drug-likeness (QED) is 0.591. The lowest BCUT2D eigenvalue weighted by atomic mass is 10.1. The Morgan fingerprint density at radius 3 is 2.55 bits per heavy atom. The first-order valence-corrected chi connectivity index (χ1v) is 11.5. The lowest BCUT2D eigenvalue weighted by Crippen LogP contribution is -2.55. The van der Waals surface area contributed by atoms with E-state index in [2.05, 4.69) is 21.5 Å². The normalized spacial score (nSPS) is 16.5. The van der Waals surface area contributed by atoms with E-state index >= 15 is 0 Å². The predicted octanol–water partition coefficient (Wildman–Crippen LogP) is 5.14. The summed E-state index contributed by atoms with van der Waals surface area (Å²) in [7, 11) is 0. The number of urea groups is 1. The Labute approximate surface area is 192 Å². The van der Waals surface area contributed by atoms with Crippen LogP contribution in [0, 0.1) is 13.8 Å². The van der Waals surface area contributed by atoms with E-state index < -0.39 is 0 Å². The molecule has 2 aromatic carbocycles. The fraction of sp³-hybridized carbons (Fsp3) is 0.348. The molecule has 31 heavy (non-hydrogen) atoms. The molecule has 1 unspecified atom stereocenters. The maximum atomic E-state index is 12.9. The molecule has 1 saturated heterocycles. The predicted molar refractivity (Wildman–Crippen MR) is 127 cm³/mol. The van der Waals surface area contributed by atoms with Crippen LogP contribution in [0.4, 0.5) is 15.6 Å². The van der Waals surface area contributed by atoms with Crippen molar-refractivity contribution in [1.29, 1.82) is 0 Å². The molecule has 0 saturated carbocycles. The molecule has 4 rings (SSSR count). The van der Waals surface area contributed by atoms with Gasteiger partial charge in [0.1, 0.15) is 5.82 Å². The number of hydrogen-bond donors (Lipinski definition) is 1. The zero-order chi connectivity index (χ0) is 22.0. The minimum atomic E-state index is -0.0507. The maximum absolute atomic E-state index is 12.9. The maximum Gasteiger partial charge on any atom is 0.322 e. The number of benzene rings is 2. The number of aromatic nitrogens is 2. The van der Waals surface area contributed by atoms with Gasteiger partial charge in [-0.3, -0.25) is 0 Å².